The lowest BCUT2D eigenvalue weighted by Crippen LogP contribution is -2.30. The standard InChI is InChI=1S/C18H17ClN2O3S/c19-14-4-7-16(8-5-14)25(23,24)20-15-6-3-12-9-10-21(17(12)11-15)18(22)13-1-2-13/h3-8,11,13,20H,1-2,9-10H2. The molecule has 1 fully saturated rings. The van der Waals surface area contributed by atoms with Gasteiger partial charge in [0.25, 0.3) is 10.0 Å². The first-order valence-electron chi connectivity index (χ1n) is 8.17. The summed E-state index contributed by atoms with van der Waals surface area (Å²) in [6.45, 7) is 0.665. The molecule has 7 heteroatoms. The predicted molar refractivity (Wildman–Crippen MR) is 97.5 cm³/mol. The van der Waals surface area contributed by atoms with Crippen LogP contribution in [-0.2, 0) is 21.2 Å². The van der Waals surface area contributed by atoms with Crippen LogP contribution in [0, 0.1) is 5.92 Å². The Hall–Kier alpha value is -2.05. The maximum absolute atomic E-state index is 12.5. The number of nitrogens with one attached hydrogen (secondary N) is 1. The molecule has 0 spiro atoms. The SMILES string of the molecule is O=C(C1CC1)N1CCc2ccc(NS(=O)(=O)c3ccc(Cl)cc3)cc21. The van der Waals surface area contributed by atoms with E-state index in [0.717, 1.165) is 30.5 Å². The quantitative estimate of drug-likeness (QED) is 0.888. The minimum Gasteiger partial charge on any atom is -0.312 e. The molecule has 0 radical (unpaired) electrons. The van der Waals surface area contributed by atoms with Gasteiger partial charge in [-0.15, -0.1) is 0 Å². The topological polar surface area (TPSA) is 66.5 Å². The molecular weight excluding hydrogens is 360 g/mol. The molecule has 0 aromatic heterocycles. The van der Waals surface area contributed by atoms with Crippen LogP contribution in [0.4, 0.5) is 11.4 Å². The van der Waals surface area contributed by atoms with Crippen molar-refractivity contribution in [3.05, 3.63) is 53.1 Å². The van der Waals surface area contributed by atoms with Crippen LogP contribution < -0.4 is 9.62 Å². The van der Waals surface area contributed by atoms with Crippen LogP contribution in [0.25, 0.3) is 0 Å². The van der Waals surface area contributed by atoms with Gasteiger partial charge in [-0.05, 0) is 61.2 Å². The van der Waals surface area contributed by atoms with E-state index >= 15 is 0 Å². The number of nitrogens with zero attached hydrogens (tertiary/aromatic N) is 1. The predicted octanol–water partition coefficient (Wildman–Crippen LogP) is 3.44. The van der Waals surface area contributed by atoms with Crippen molar-refractivity contribution in [3.63, 3.8) is 0 Å². The van der Waals surface area contributed by atoms with Crippen LogP contribution in [0.15, 0.2) is 47.4 Å². The second-order valence-corrected chi connectivity index (χ2v) is 8.54. The van der Waals surface area contributed by atoms with Gasteiger partial charge in [0.15, 0.2) is 0 Å². The first-order chi connectivity index (χ1) is 11.9. The molecule has 0 unspecified atom stereocenters. The summed E-state index contributed by atoms with van der Waals surface area (Å²) in [4.78, 5) is 14.3. The molecule has 1 N–H and O–H groups in total. The van der Waals surface area contributed by atoms with Crippen LogP contribution >= 0.6 is 11.6 Å². The number of amides is 1. The summed E-state index contributed by atoms with van der Waals surface area (Å²) >= 11 is 5.81. The highest BCUT2D eigenvalue weighted by Gasteiger charge is 2.36. The molecule has 4 rings (SSSR count). The average Bonchev–Trinajstić information content (AvgIpc) is 3.34. The Labute approximate surface area is 151 Å². The highest BCUT2D eigenvalue weighted by atomic mass is 35.5. The number of rotatable bonds is 4. The van der Waals surface area contributed by atoms with Gasteiger partial charge in [0.1, 0.15) is 0 Å². The number of benzene rings is 2. The molecule has 0 saturated heterocycles. The lowest BCUT2D eigenvalue weighted by molar-refractivity contribution is -0.119. The first-order valence-corrected chi connectivity index (χ1v) is 10.0. The third-order valence-electron chi connectivity index (χ3n) is 4.55. The second kappa shape index (κ2) is 6.04. The summed E-state index contributed by atoms with van der Waals surface area (Å²) in [5.41, 5.74) is 2.33. The summed E-state index contributed by atoms with van der Waals surface area (Å²) in [5.74, 6) is 0.289. The van der Waals surface area contributed by atoms with E-state index in [4.69, 9.17) is 11.6 Å². The van der Waals surface area contributed by atoms with E-state index in [1.165, 1.54) is 24.3 Å². The summed E-state index contributed by atoms with van der Waals surface area (Å²) in [5, 5.41) is 0.478. The molecule has 1 amide bonds. The van der Waals surface area contributed by atoms with E-state index < -0.39 is 10.0 Å². The molecule has 1 aliphatic heterocycles. The Morgan fingerprint density at radius 1 is 1.12 bits per heavy atom. The summed E-state index contributed by atoms with van der Waals surface area (Å²) in [6, 6.07) is 11.4. The second-order valence-electron chi connectivity index (χ2n) is 6.42. The average molecular weight is 377 g/mol. The molecule has 1 heterocycles. The minimum absolute atomic E-state index is 0.139. The number of sulfonamides is 1. The maximum Gasteiger partial charge on any atom is 0.261 e. The van der Waals surface area contributed by atoms with Crippen molar-refractivity contribution in [2.24, 2.45) is 5.92 Å². The third kappa shape index (κ3) is 3.24. The van der Waals surface area contributed by atoms with Gasteiger partial charge < -0.3 is 4.90 Å². The number of fused-ring (bicyclic) bond motifs is 1. The Kier molecular flexibility index (Phi) is 3.96. The highest BCUT2D eigenvalue weighted by Crippen LogP contribution is 2.37. The molecule has 2 aromatic carbocycles. The molecule has 1 aliphatic carbocycles. The number of hydrogen-bond donors (Lipinski definition) is 1. The van der Waals surface area contributed by atoms with Crippen molar-refractivity contribution in [1.82, 2.24) is 0 Å². The van der Waals surface area contributed by atoms with Crippen molar-refractivity contribution >= 4 is 38.9 Å². The number of halogens is 1. The zero-order valence-electron chi connectivity index (χ0n) is 13.4. The molecule has 5 nitrogen and oxygen atoms in total. The smallest absolute Gasteiger partial charge is 0.261 e. The molecule has 130 valence electrons. The van der Waals surface area contributed by atoms with Crippen molar-refractivity contribution < 1.29 is 13.2 Å². The first kappa shape index (κ1) is 16.4. The molecule has 0 bridgehead atoms. The molecule has 25 heavy (non-hydrogen) atoms. The zero-order valence-corrected chi connectivity index (χ0v) is 15.0. The summed E-state index contributed by atoms with van der Waals surface area (Å²) in [6.07, 6.45) is 2.71. The van der Waals surface area contributed by atoms with E-state index in [1.807, 2.05) is 6.07 Å². The zero-order chi connectivity index (χ0) is 17.6. The normalized spacial score (nSPS) is 16.6. The van der Waals surface area contributed by atoms with E-state index in [2.05, 4.69) is 4.72 Å². The van der Waals surface area contributed by atoms with Crippen LogP contribution in [0.3, 0.4) is 0 Å². The maximum atomic E-state index is 12.5. The van der Waals surface area contributed by atoms with E-state index in [9.17, 15) is 13.2 Å². The monoisotopic (exact) mass is 376 g/mol. The number of anilines is 2. The van der Waals surface area contributed by atoms with Crippen molar-refractivity contribution in [1.29, 1.82) is 0 Å². The van der Waals surface area contributed by atoms with Gasteiger partial charge in [-0.1, -0.05) is 17.7 Å². The Morgan fingerprint density at radius 2 is 1.84 bits per heavy atom. The van der Waals surface area contributed by atoms with Gasteiger partial charge >= 0.3 is 0 Å². The van der Waals surface area contributed by atoms with Gasteiger partial charge in [-0.2, -0.15) is 0 Å². The molecular formula is C18H17ClN2O3S. The Balaban J connectivity index is 1.60. The van der Waals surface area contributed by atoms with Gasteiger partial charge in [0.2, 0.25) is 5.91 Å². The third-order valence-corrected chi connectivity index (χ3v) is 6.20. The van der Waals surface area contributed by atoms with Gasteiger partial charge in [-0.3, -0.25) is 9.52 Å². The van der Waals surface area contributed by atoms with Gasteiger partial charge in [-0.25, -0.2) is 8.42 Å². The van der Waals surface area contributed by atoms with Gasteiger partial charge in [0.05, 0.1) is 10.6 Å². The number of hydrogen-bond acceptors (Lipinski definition) is 3. The Morgan fingerprint density at radius 3 is 2.52 bits per heavy atom. The Bertz CT molecular complexity index is 937. The van der Waals surface area contributed by atoms with Crippen molar-refractivity contribution in [3.8, 4) is 0 Å². The fraction of sp³-hybridized carbons (Fsp3) is 0.278. The van der Waals surface area contributed by atoms with E-state index in [1.54, 1.807) is 17.0 Å². The van der Waals surface area contributed by atoms with Gasteiger partial charge in [0, 0.05) is 23.2 Å². The molecule has 2 aromatic rings. The van der Waals surface area contributed by atoms with Crippen molar-refractivity contribution in [2.45, 2.75) is 24.2 Å². The molecule has 0 atom stereocenters. The summed E-state index contributed by atoms with van der Waals surface area (Å²) in [7, 11) is -3.70. The fourth-order valence-electron chi connectivity index (χ4n) is 3.05. The number of carbonyl (C=O) groups is 1. The van der Waals surface area contributed by atoms with E-state index in [-0.39, 0.29) is 16.7 Å². The minimum atomic E-state index is -3.70. The lowest BCUT2D eigenvalue weighted by Gasteiger charge is -2.18. The van der Waals surface area contributed by atoms with Crippen LogP contribution in [0.2, 0.25) is 5.02 Å². The van der Waals surface area contributed by atoms with Crippen LogP contribution in [-0.4, -0.2) is 20.9 Å². The molecule has 1 saturated carbocycles. The van der Waals surface area contributed by atoms with Crippen LogP contribution in [0.5, 0.6) is 0 Å². The van der Waals surface area contributed by atoms with Crippen molar-refractivity contribution in [2.75, 3.05) is 16.2 Å². The molecule has 2 aliphatic rings. The lowest BCUT2D eigenvalue weighted by atomic mass is 10.1. The highest BCUT2D eigenvalue weighted by molar-refractivity contribution is 7.92. The largest absolute Gasteiger partial charge is 0.312 e. The summed E-state index contributed by atoms with van der Waals surface area (Å²) < 4.78 is 27.6. The number of carbonyl (C=O) groups excluding carboxylic acids is 1. The van der Waals surface area contributed by atoms with E-state index in [0.29, 0.717) is 17.3 Å². The van der Waals surface area contributed by atoms with Crippen LogP contribution in [0.1, 0.15) is 18.4 Å². The fourth-order valence-corrected chi connectivity index (χ4v) is 4.23.